The van der Waals surface area contributed by atoms with Crippen molar-refractivity contribution in [3.8, 4) is 11.4 Å². The first-order chi connectivity index (χ1) is 14.0. The lowest BCUT2D eigenvalue weighted by molar-refractivity contribution is -0.119. The molecule has 0 aliphatic rings. The van der Waals surface area contributed by atoms with Crippen LogP contribution in [0.1, 0.15) is 19.4 Å². The highest BCUT2D eigenvalue weighted by Gasteiger charge is 2.22. The first-order valence-corrected chi connectivity index (χ1v) is 9.94. The molecule has 0 saturated heterocycles. The summed E-state index contributed by atoms with van der Waals surface area (Å²) in [7, 11) is 0. The molecule has 0 atom stereocenters. The molecule has 0 unspecified atom stereocenters. The molecular formula is C25H25N3O. The first-order valence-electron chi connectivity index (χ1n) is 9.94. The molecule has 4 heteroatoms. The number of rotatable bonds is 5. The van der Waals surface area contributed by atoms with E-state index in [-0.39, 0.29) is 18.5 Å². The third-order valence-corrected chi connectivity index (χ3v) is 5.04. The van der Waals surface area contributed by atoms with Crippen LogP contribution in [0.3, 0.4) is 0 Å². The maximum Gasteiger partial charge on any atom is 0.247 e. The van der Waals surface area contributed by atoms with Gasteiger partial charge in [-0.3, -0.25) is 4.79 Å². The standard InChI is InChI=1S/C25H25N3O/c1-18(2)28(21-12-5-4-6-13-21)24(29)17-27-23-15-8-7-14-22(23)26-25(27)20-11-9-10-19(3)16-20/h4-16,18H,17H2,1-3H3. The first kappa shape index (κ1) is 18.9. The quantitative estimate of drug-likeness (QED) is 0.459. The molecule has 0 bridgehead atoms. The highest BCUT2D eigenvalue weighted by molar-refractivity contribution is 5.95. The maximum atomic E-state index is 13.4. The predicted molar refractivity (Wildman–Crippen MR) is 119 cm³/mol. The number of aromatic nitrogens is 2. The maximum absolute atomic E-state index is 13.4. The van der Waals surface area contributed by atoms with Gasteiger partial charge in [0.1, 0.15) is 12.4 Å². The number of hydrogen-bond donors (Lipinski definition) is 0. The Labute approximate surface area is 171 Å². The topological polar surface area (TPSA) is 38.1 Å². The normalized spacial score (nSPS) is 11.2. The van der Waals surface area contributed by atoms with Crippen molar-refractivity contribution < 1.29 is 4.79 Å². The number of para-hydroxylation sites is 3. The van der Waals surface area contributed by atoms with Crippen LogP contribution in [0.25, 0.3) is 22.4 Å². The number of aryl methyl sites for hydroxylation is 1. The van der Waals surface area contributed by atoms with E-state index >= 15 is 0 Å². The highest BCUT2D eigenvalue weighted by atomic mass is 16.2. The Morgan fingerprint density at radius 2 is 1.69 bits per heavy atom. The van der Waals surface area contributed by atoms with Crippen LogP contribution in [-0.2, 0) is 11.3 Å². The average molecular weight is 383 g/mol. The minimum atomic E-state index is 0.0447. The van der Waals surface area contributed by atoms with E-state index < -0.39 is 0 Å². The molecule has 1 heterocycles. The van der Waals surface area contributed by atoms with E-state index in [2.05, 4.69) is 19.1 Å². The fourth-order valence-electron chi connectivity index (χ4n) is 3.77. The number of carbonyl (C=O) groups is 1. The summed E-state index contributed by atoms with van der Waals surface area (Å²) in [6, 6.07) is 26.1. The molecule has 146 valence electrons. The summed E-state index contributed by atoms with van der Waals surface area (Å²) in [5.74, 6) is 0.864. The minimum Gasteiger partial charge on any atom is -0.314 e. The molecule has 1 amide bonds. The summed E-state index contributed by atoms with van der Waals surface area (Å²) < 4.78 is 2.03. The van der Waals surface area contributed by atoms with Crippen LogP contribution in [0, 0.1) is 6.92 Å². The van der Waals surface area contributed by atoms with E-state index in [0.29, 0.717) is 0 Å². The predicted octanol–water partition coefficient (Wildman–Crippen LogP) is 5.45. The monoisotopic (exact) mass is 383 g/mol. The molecule has 29 heavy (non-hydrogen) atoms. The van der Waals surface area contributed by atoms with Gasteiger partial charge in [-0.1, -0.05) is 54.1 Å². The molecule has 0 aliphatic heterocycles. The molecule has 4 aromatic rings. The fourth-order valence-corrected chi connectivity index (χ4v) is 3.77. The van der Waals surface area contributed by atoms with Gasteiger partial charge in [-0.2, -0.15) is 0 Å². The molecule has 4 rings (SSSR count). The molecule has 4 nitrogen and oxygen atoms in total. The van der Waals surface area contributed by atoms with E-state index in [9.17, 15) is 4.79 Å². The van der Waals surface area contributed by atoms with Gasteiger partial charge in [-0.25, -0.2) is 4.98 Å². The van der Waals surface area contributed by atoms with Gasteiger partial charge < -0.3 is 9.47 Å². The van der Waals surface area contributed by atoms with Gasteiger partial charge in [0.2, 0.25) is 5.91 Å². The Morgan fingerprint density at radius 1 is 0.966 bits per heavy atom. The van der Waals surface area contributed by atoms with Crippen LogP contribution in [0.15, 0.2) is 78.9 Å². The van der Waals surface area contributed by atoms with Gasteiger partial charge in [0.05, 0.1) is 11.0 Å². The number of fused-ring (bicyclic) bond motifs is 1. The summed E-state index contributed by atoms with van der Waals surface area (Å²) in [6.07, 6.45) is 0. The summed E-state index contributed by atoms with van der Waals surface area (Å²) in [6.45, 7) is 6.38. The van der Waals surface area contributed by atoms with E-state index in [1.54, 1.807) is 0 Å². The number of imidazole rings is 1. The van der Waals surface area contributed by atoms with Crippen LogP contribution in [0.2, 0.25) is 0 Å². The van der Waals surface area contributed by atoms with Crippen molar-refractivity contribution in [3.63, 3.8) is 0 Å². The molecule has 0 N–H and O–H groups in total. The van der Waals surface area contributed by atoms with Crippen molar-refractivity contribution in [3.05, 3.63) is 84.4 Å². The third-order valence-electron chi connectivity index (χ3n) is 5.04. The molecule has 3 aromatic carbocycles. The van der Waals surface area contributed by atoms with Crippen molar-refractivity contribution in [1.29, 1.82) is 0 Å². The molecule has 1 aromatic heterocycles. The zero-order valence-electron chi connectivity index (χ0n) is 17.0. The largest absolute Gasteiger partial charge is 0.314 e. The number of anilines is 1. The lowest BCUT2D eigenvalue weighted by Gasteiger charge is -2.27. The molecule has 0 fully saturated rings. The average Bonchev–Trinajstić information content (AvgIpc) is 3.07. The lowest BCUT2D eigenvalue weighted by Crippen LogP contribution is -2.39. The van der Waals surface area contributed by atoms with Crippen LogP contribution in [0.5, 0.6) is 0 Å². The van der Waals surface area contributed by atoms with Gasteiger partial charge in [0, 0.05) is 17.3 Å². The third kappa shape index (κ3) is 3.79. The van der Waals surface area contributed by atoms with Gasteiger partial charge in [-0.15, -0.1) is 0 Å². The van der Waals surface area contributed by atoms with Crippen LogP contribution < -0.4 is 4.90 Å². The second-order valence-corrected chi connectivity index (χ2v) is 7.57. The van der Waals surface area contributed by atoms with E-state index in [1.807, 2.05) is 90.0 Å². The van der Waals surface area contributed by atoms with Crippen LogP contribution in [0.4, 0.5) is 5.69 Å². The number of amides is 1. The molecule has 0 spiro atoms. The summed E-state index contributed by atoms with van der Waals surface area (Å²) in [5, 5.41) is 0. The summed E-state index contributed by atoms with van der Waals surface area (Å²) in [4.78, 5) is 20.1. The van der Waals surface area contributed by atoms with Crippen molar-refractivity contribution in [1.82, 2.24) is 9.55 Å². The van der Waals surface area contributed by atoms with E-state index in [1.165, 1.54) is 5.56 Å². The Balaban J connectivity index is 1.79. The van der Waals surface area contributed by atoms with Gasteiger partial charge >= 0.3 is 0 Å². The number of hydrogen-bond acceptors (Lipinski definition) is 2. The number of benzene rings is 3. The van der Waals surface area contributed by atoms with E-state index in [4.69, 9.17) is 4.98 Å². The van der Waals surface area contributed by atoms with E-state index in [0.717, 1.165) is 28.1 Å². The number of nitrogens with zero attached hydrogens (tertiary/aromatic N) is 3. The minimum absolute atomic E-state index is 0.0447. The second kappa shape index (κ2) is 7.92. The van der Waals surface area contributed by atoms with Crippen LogP contribution >= 0.6 is 0 Å². The lowest BCUT2D eigenvalue weighted by atomic mass is 10.1. The van der Waals surface area contributed by atoms with Crippen molar-refractivity contribution >= 4 is 22.6 Å². The highest BCUT2D eigenvalue weighted by Crippen LogP contribution is 2.26. The fraction of sp³-hybridized carbons (Fsp3) is 0.200. The Hall–Kier alpha value is -3.40. The zero-order valence-corrected chi connectivity index (χ0v) is 17.0. The Morgan fingerprint density at radius 3 is 2.41 bits per heavy atom. The van der Waals surface area contributed by atoms with Crippen molar-refractivity contribution in [2.45, 2.75) is 33.4 Å². The molecule has 0 aliphatic carbocycles. The SMILES string of the molecule is Cc1cccc(-c2nc3ccccc3n2CC(=O)N(c2ccccc2)C(C)C)c1. The smallest absolute Gasteiger partial charge is 0.247 e. The summed E-state index contributed by atoms with van der Waals surface area (Å²) in [5.41, 5.74) is 4.96. The van der Waals surface area contributed by atoms with Crippen molar-refractivity contribution in [2.75, 3.05) is 4.90 Å². The Kier molecular flexibility index (Phi) is 5.17. The van der Waals surface area contributed by atoms with Gasteiger partial charge in [-0.05, 0) is 51.1 Å². The Bertz CT molecular complexity index is 1150. The second-order valence-electron chi connectivity index (χ2n) is 7.57. The van der Waals surface area contributed by atoms with Crippen LogP contribution in [-0.4, -0.2) is 21.5 Å². The van der Waals surface area contributed by atoms with Gasteiger partial charge in [0.25, 0.3) is 0 Å². The molecule has 0 radical (unpaired) electrons. The van der Waals surface area contributed by atoms with Gasteiger partial charge in [0.15, 0.2) is 0 Å². The zero-order chi connectivity index (χ0) is 20.4. The molecule has 0 saturated carbocycles. The van der Waals surface area contributed by atoms with Crippen molar-refractivity contribution in [2.24, 2.45) is 0 Å². The summed E-state index contributed by atoms with van der Waals surface area (Å²) >= 11 is 0. The molecular weight excluding hydrogens is 358 g/mol. The number of carbonyl (C=O) groups excluding carboxylic acids is 1.